The maximum atomic E-state index is 9.69. The highest BCUT2D eigenvalue weighted by molar-refractivity contribution is 6.11. The van der Waals surface area contributed by atoms with Gasteiger partial charge in [-0.1, -0.05) is 63.2 Å². The number of nitriles is 1. The Labute approximate surface area is 226 Å². The van der Waals surface area contributed by atoms with Crippen LogP contribution >= 0.6 is 0 Å². The molecule has 36 heavy (non-hydrogen) atoms. The number of para-hydroxylation sites is 1. The number of pyridine rings is 1. The van der Waals surface area contributed by atoms with E-state index in [4.69, 9.17) is 16.8 Å². The molecule has 0 saturated heterocycles. The van der Waals surface area contributed by atoms with E-state index in [0.717, 1.165) is 16.3 Å². The molecule has 0 aliphatic rings. The number of benzene rings is 3. The van der Waals surface area contributed by atoms with Crippen LogP contribution in [-0.2, 0) is 13.4 Å². The van der Waals surface area contributed by atoms with Gasteiger partial charge in [0.2, 0.25) is 5.69 Å². The van der Waals surface area contributed by atoms with E-state index in [1.54, 1.807) is 50.6 Å². The first kappa shape index (κ1) is 15.3. The molecule has 0 spiro atoms. The number of aryl methyl sites for hydroxylation is 4. The Bertz CT molecular complexity index is 2040. The summed E-state index contributed by atoms with van der Waals surface area (Å²) in [5.74, 6) is 0. The van der Waals surface area contributed by atoms with Gasteiger partial charge in [-0.15, -0.1) is 0 Å². The van der Waals surface area contributed by atoms with Crippen molar-refractivity contribution in [2.75, 3.05) is 0 Å². The Hall–Kier alpha value is -3.90. The molecule has 0 bridgehead atoms. The van der Waals surface area contributed by atoms with Crippen LogP contribution in [0.25, 0.3) is 44.3 Å². The van der Waals surface area contributed by atoms with Crippen molar-refractivity contribution in [1.29, 1.82) is 5.26 Å². The fraction of sp³-hybridized carbons (Fsp3) is 0.273. The van der Waals surface area contributed by atoms with E-state index in [1.165, 1.54) is 18.3 Å². The van der Waals surface area contributed by atoms with Gasteiger partial charge < -0.3 is 4.42 Å². The first-order chi connectivity index (χ1) is 20.7. The third-order valence-corrected chi connectivity index (χ3v) is 6.26. The van der Waals surface area contributed by atoms with Gasteiger partial charge in [-0.05, 0) is 66.3 Å². The number of aromatic nitrogens is 1. The van der Waals surface area contributed by atoms with Crippen LogP contribution in [0.3, 0.4) is 0 Å². The van der Waals surface area contributed by atoms with Crippen molar-refractivity contribution < 1.29 is 21.3 Å². The van der Waals surface area contributed by atoms with E-state index in [-0.39, 0.29) is 33.9 Å². The van der Waals surface area contributed by atoms with Crippen molar-refractivity contribution in [2.45, 2.75) is 47.8 Å². The van der Waals surface area contributed by atoms with Crippen LogP contribution < -0.4 is 4.57 Å². The van der Waals surface area contributed by atoms with Crippen LogP contribution in [-0.4, -0.2) is 0 Å². The van der Waals surface area contributed by atoms with Gasteiger partial charge in [0.1, 0.15) is 18.7 Å². The van der Waals surface area contributed by atoms with Gasteiger partial charge in [0.25, 0.3) is 0 Å². The molecule has 5 rings (SSSR count). The molecule has 3 nitrogen and oxygen atoms in total. The zero-order valence-corrected chi connectivity index (χ0v) is 21.0. The quantitative estimate of drug-likeness (QED) is 0.244. The number of hydrogen-bond acceptors (Lipinski definition) is 2. The summed E-state index contributed by atoms with van der Waals surface area (Å²) in [6, 6.07) is 15.1. The average Bonchev–Trinajstić information content (AvgIpc) is 3.30. The summed E-state index contributed by atoms with van der Waals surface area (Å²) in [6.07, 6.45) is -0.566. The number of hydrogen-bond donors (Lipinski definition) is 0. The maximum absolute atomic E-state index is 9.69. The number of furan rings is 1. The predicted octanol–water partition coefficient (Wildman–Crippen LogP) is 8.13. The van der Waals surface area contributed by atoms with E-state index in [1.807, 2.05) is 25.1 Å². The lowest BCUT2D eigenvalue weighted by Gasteiger charge is -2.19. The molecule has 0 amide bonds. The zero-order chi connectivity index (χ0) is 33.4. The van der Waals surface area contributed by atoms with Crippen LogP contribution in [0.1, 0.15) is 60.9 Å². The SMILES string of the molecule is [2H]c1cc(C([2H])([2H])C(C)(C)C)cc(C([2H])([2H])[2H])c1-c1cc(-c2c(C)ccc3c2oc2c(C#N)cccc23)[n+](C)cc1C([2H])([2H])[2H]. The van der Waals surface area contributed by atoms with E-state index in [0.29, 0.717) is 28.0 Å². The minimum absolute atomic E-state index is 0.0307. The van der Waals surface area contributed by atoms with E-state index >= 15 is 0 Å². The standard InChI is InChI=1S/C33H33N2O/c1-20-11-13-27-26-10-8-9-24(18-34)31(26)36-32(27)30(20)29-16-28(22(3)19-35(29)7)25-14-12-23(15-21(25)2)17-33(4,5)6/h8-16,19H,17H2,1-7H3/q+1/i2D3,3D3,14D,17D2. The Morgan fingerprint density at radius 2 is 1.78 bits per heavy atom. The molecule has 180 valence electrons. The highest BCUT2D eigenvalue weighted by Gasteiger charge is 2.24. The van der Waals surface area contributed by atoms with Gasteiger partial charge in [0, 0.05) is 33.4 Å². The summed E-state index contributed by atoms with van der Waals surface area (Å²) in [5, 5.41) is 11.2. The maximum Gasteiger partial charge on any atom is 0.216 e. The molecular weight excluding hydrogens is 440 g/mol. The predicted molar refractivity (Wildman–Crippen MR) is 148 cm³/mol. The van der Waals surface area contributed by atoms with Gasteiger partial charge >= 0.3 is 0 Å². The smallest absolute Gasteiger partial charge is 0.216 e. The monoisotopic (exact) mass is 482 g/mol. The molecule has 2 aromatic heterocycles. The van der Waals surface area contributed by atoms with Crippen LogP contribution in [0, 0.1) is 37.4 Å². The third-order valence-electron chi connectivity index (χ3n) is 6.26. The van der Waals surface area contributed by atoms with Crippen molar-refractivity contribution >= 4 is 21.9 Å². The topological polar surface area (TPSA) is 40.8 Å². The molecule has 0 N–H and O–H groups in total. The summed E-state index contributed by atoms with van der Waals surface area (Å²) < 4.78 is 84.7. The normalized spacial score (nSPS) is 16.6. The minimum atomic E-state index is -2.79. The van der Waals surface area contributed by atoms with Crippen LogP contribution in [0.5, 0.6) is 0 Å². The molecular formula is C33H33N2O+. The second kappa shape index (κ2) is 8.64. The molecule has 0 unspecified atom stereocenters. The highest BCUT2D eigenvalue weighted by Crippen LogP contribution is 2.39. The first-order valence-corrected chi connectivity index (χ1v) is 11.7. The lowest BCUT2D eigenvalue weighted by molar-refractivity contribution is -0.660. The van der Waals surface area contributed by atoms with Gasteiger partial charge in [0.05, 0.1) is 12.5 Å². The summed E-state index contributed by atoms with van der Waals surface area (Å²) in [4.78, 5) is 0. The summed E-state index contributed by atoms with van der Waals surface area (Å²) in [7, 11) is 1.68. The Morgan fingerprint density at radius 1 is 1.00 bits per heavy atom. The van der Waals surface area contributed by atoms with Gasteiger partial charge in [-0.3, -0.25) is 0 Å². The largest absolute Gasteiger partial charge is 0.454 e. The summed E-state index contributed by atoms with van der Waals surface area (Å²) >= 11 is 0. The summed E-state index contributed by atoms with van der Waals surface area (Å²) in [6.45, 7) is 1.48. The molecule has 0 radical (unpaired) electrons. The van der Waals surface area contributed by atoms with Crippen LogP contribution in [0.2, 0.25) is 0 Å². The molecule has 3 heteroatoms. The molecule has 0 fully saturated rings. The second-order valence-corrected chi connectivity index (χ2v) is 10.2. The Morgan fingerprint density at radius 3 is 2.50 bits per heavy atom. The number of rotatable bonds is 3. The number of nitrogens with zero attached hydrogens (tertiary/aromatic N) is 2. The van der Waals surface area contributed by atoms with E-state index < -0.39 is 25.5 Å². The first-order valence-electron chi connectivity index (χ1n) is 16.2. The summed E-state index contributed by atoms with van der Waals surface area (Å²) in [5.41, 5.74) is 1.77. The molecule has 0 aliphatic heterocycles. The minimum Gasteiger partial charge on any atom is -0.454 e. The molecule has 3 aromatic carbocycles. The highest BCUT2D eigenvalue weighted by atomic mass is 16.3. The van der Waals surface area contributed by atoms with Crippen molar-refractivity contribution in [1.82, 2.24) is 0 Å². The van der Waals surface area contributed by atoms with E-state index in [9.17, 15) is 5.26 Å². The van der Waals surface area contributed by atoms with Gasteiger partial charge in [-0.2, -0.15) is 5.26 Å². The fourth-order valence-corrected chi connectivity index (χ4v) is 4.70. The van der Waals surface area contributed by atoms with Crippen molar-refractivity contribution in [3.63, 3.8) is 0 Å². The third kappa shape index (κ3) is 4.07. The van der Waals surface area contributed by atoms with Crippen molar-refractivity contribution in [3.05, 3.63) is 88.6 Å². The zero-order valence-electron chi connectivity index (χ0n) is 30.0. The molecule has 0 aliphatic carbocycles. The van der Waals surface area contributed by atoms with Crippen LogP contribution in [0.15, 0.2) is 65.2 Å². The Kier molecular flexibility index (Phi) is 3.66. The molecule has 0 saturated carbocycles. The van der Waals surface area contributed by atoms with Gasteiger partial charge in [0.15, 0.2) is 11.8 Å². The lowest BCUT2D eigenvalue weighted by atomic mass is 9.86. The van der Waals surface area contributed by atoms with Crippen LogP contribution in [0.4, 0.5) is 0 Å². The molecule has 0 atom stereocenters. The van der Waals surface area contributed by atoms with Gasteiger partial charge in [-0.25, -0.2) is 4.57 Å². The molecule has 2 heterocycles. The van der Waals surface area contributed by atoms with E-state index in [2.05, 4.69) is 6.07 Å². The van der Waals surface area contributed by atoms with Crippen molar-refractivity contribution in [2.24, 2.45) is 12.5 Å². The Balaban J connectivity index is 1.91. The number of fused-ring (bicyclic) bond motifs is 3. The van der Waals surface area contributed by atoms with Crippen molar-refractivity contribution in [3.8, 4) is 28.5 Å². The average molecular weight is 483 g/mol. The molecule has 5 aromatic rings. The second-order valence-electron chi connectivity index (χ2n) is 10.2. The fourth-order valence-electron chi connectivity index (χ4n) is 4.70. The lowest BCUT2D eigenvalue weighted by Crippen LogP contribution is -2.31.